The van der Waals surface area contributed by atoms with E-state index >= 15 is 0 Å². The predicted molar refractivity (Wildman–Crippen MR) is 100.0 cm³/mol. The van der Waals surface area contributed by atoms with Crippen molar-refractivity contribution in [1.82, 2.24) is 4.31 Å². The molecule has 0 unspecified atom stereocenters. The monoisotopic (exact) mass is 375 g/mol. The molecule has 0 amide bonds. The third-order valence-corrected chi connectivity index (χ3v) is 6.65. The quantitative estimate of drug-likeness (QED) is 0.606. The molecule has 0 aliphatic carbocycles. The number of nitro groups is 1. The van der Waals surface area contributed by atoms with Gasteiger partial charge in [0, 0.05) is 44.0 Å². The molecule has 2 aromatic rings. The number of hydrogen-bond acceptors (Lipinski definition) is 5. The zero-order valence-electron chi connectivity index (χ0n) is 14.8. The fourth-order valence-corrected chi connectivity index (χ4v) is 4.80. The second kappa shape index (κ2) is 7.05. The van der Waals surface area contributed by atoms with E-state index in [9.17, 15) is 18.5 Å². The lowest BCUT2D eigenvalue weighted by Gasteiger charge is -2.35. The lowest BCUT2D eigenvalue weighted by Crippen LogP contribution is -2.48. The lowest BCUT2D eigenvalue weighted by molar-refractivity contribution is -0.385. The van der Waals surface area contributed by atoms with Crippen molar-refractivity contribution < 1.29 is 13.3 Å². The van der Waals surface area contributed by atoms with E-state index in [1.54, 1.807) is 6.92 Å². The molecule has 2 aromatic carbocycles. The Morgan fingerprint density at radius 1 is 1.00 bits per heavy atom. The van der Waals surface area contributed by atoms with E-state index in [4.69, 9.17) is 0 Å². The summed E-state index contributed by atoms with van der Waals surface area (Å²) >= 11 is 0. The molecule has 1 heterocycles. The molecule has 1 aliphatic rings. The van der Waals surface area contributed by atoms with Gasteiger partial charge in [-0.1, -0.05) is 18.2 Å². The van der Waals surface area contributed by atoms with Crippen LogP contribution in [0.15, 0.2) is 47.4 Å². The summed E-state index contributed by atoms with van der Waals surface area (Å²) in [5.74, 6) is 0. The van der Waals surface area contributed by atoms with Crippen molar-refractivity contribution in [1.29, 1.82) is 0 Å². The highest BCUT2D eigenvalue weighted by atomic mass is 32.2. The molecule has 1 saturated heterocycles. The molecular weight excluding hydrogens is 354 g/mol. The van der Waals surface area contributed by atoms with Gasteiger partial charge < -0.3 is 4.90 Å². The summed E-state index contributed by atoms with van der Waals surface area (Å²) in [5.41, 5.74) is 2.53. The highest BCUT2D eigenvalue weighted by Gasteiger charge is 2.30. The van der Waals surface area contributed by atoms with Gasteiger partial charge in [0.1, 0.15) is 0 Å². The Morgan fingerprint density at radius 2 is 1.69 bits per heavy atom. The van der Waals surface area contributed by atoms with Crippen LogP contribution in [0.5, 0.6) is 0 Å². The second-order valence-electron chi connectivity index (χ2n) is 6.44. The van der Waals surface area contributed by atoms with Crippen molar-refractivity contribution >= 4 is 21.4 Å². The third-order valence-electron chi connectivity index (χ3n) is 4.61. The van der Waals surface area contributed by atoms with Crippen LogP contribution in [0.1, 0.15) is 11.1 Å². The molecule has 0 radical (unpaired) electrons. The third kappa shape index (κ3) is 3.56. The maximum absolute atomic E-state index is 13.0. The number of anilines is 1. The van der Waals surface area contributed by atoms with Crippen molar-refractivity contribution in [3.8, 4) is 0 Å². The molecule has 0 saturated carbocycles. The SMILES string of the molecule is Cc1cccc(N2CCN(S(=O)(=O)c3cc([N+](=O)[O-])ccc3C)CC2)c1. The van der Waals surface area contributed by atoms with Gasteiger partial charge in [-0.25, -0.2) is 8.42 Å². The average molecular weight is 375 g/mol. The Morgan fingerprint density at radius 3 is 2.31 bits per heavy atom. The Bertz CT molecular complexity index is 935. The van der Waals surface area contributed by atoms with Crippen LogP contribution in [-0.4, -0.2) is 43.8 Å². The molecule has 3 rings (SSSR count). The number of rotatable bonds is 4. The number of hydrogen-bond donors (Lipinski definition) is 0. The van der Waals surface area contributed by atoms with E-state index in [2.05, 4.69) is 11.0 Å². The Kier molecular flexibility index (Phi) is 4.97. The van der Waals surface area contributed by atoms with E-state index in [0.717, 1.165) is 17.3 Å². The molecular formula is C18H21N3O4S. The van der Waals surface area contributed by atoms with Gasteiger partial charge >= 0.3 is 0 Å². The van der Waals surface area contributed by atoms with Crippen LogP contribution in [0, 0.1) is 24.0 Å². The van der Waals surface area contributed by atoms with Gasteiger partial charge in [-0.05, 0) is 37.1 Å². The number of non-ortho nitro benzene ring substituents is 1. The van der Waals surface area contributed by atoms with Crippen molar-refractivity contribution in [2.24, 2.45) is 0 Å². The van der Waals surface area contributed by atoms with Crippen molar-refractivity contribution in [3.63, 3.8) is 0 Å². The summed E-state index contributed by atoms with van der Waals surface area (Å²) in [6.45, 7) is 5.53. The first-order valence-corrected chi connectivity index (χ1v) is 9.80. The largest absolute Gasteiger partial charge is 0.369 e. The van der Waals surface area contributed by atoms with E-state index in [-0.39, 0.29) is 10.6 Å². The van der Waals surface area contributed by atoms with E-state index in [0.29, 0.717) is 31.7 Å². The first kappa shape index (κ1) is 18.3. The Hall–Kier alpha value is -2.45. The van der Waals surface area contributed by atoms with E-state index < -0.39 is 14.9 Å². The summed E-state index contributed by atoms with van der Waals surface area (Å²) in [5, 5.41) is 11.0. The van der Waals surface area contributed by atoms with Crippen molar-refractivity contribution in [2.45, 2.75) is 18.7 Å². The molecule has 0 spiro atoms. The van der Waals surface area contributed by atoms with Crippen LogP contribution in [-0.2, 0) is 10.0 Å². The highest BCUT2D eigenvalue weighted by Crippen LogP contribution is 2.26. The molecule has 1 aliphatic heterocycles. The van der Waals surface area contributed by atoms with Crippen molar-refractivity contribution in [2.75, 3.05) is 31.1 Å². The number of aryl methyl sites for hydroxylation is 2. The van der Waals surface area contributed by atoms with Gasteiger partial charge in [0.15, 0.2) is 0 Å². The predicted octanol–water partition coefficient (Wildman–Crippen LogP) is 2.72. The summed E-state index contributed by atoms with van der Waals surface area (Å²) in [6.07, 6.45) is 0. The van der Waals surface area contributed by atoms with Gasteiger partial charge in [0.25, 0.3) is 5.69 Å². The van der Waals surface area contributed by atoms with E-state index in [1.807, 2.05) is 25.1 Å². The van der Waals surface area contributed by atoms with Gasteiger partial charge in [-0.2, -0.15) is 4.31 Å². The smallest absolute Gasteiger partial charge is 0.270 e. The van der Waals surface area contributed by atoms with Gasteiger partial charge in [0.05, 0.1) is 9.82 Å². The zero-order valence-corrected chi connectivity index (χ0v) is 15.6. The average Bonchev–Trinajstić information content (AvgIpc) is 2.62. The Balaban J connectivity index is 1.80. The van der Waals surface area contributed by atoms with Gasteiger partial charge in [-0.3, -0.25) is 10.1 Å². The standard InChI is InChI=1S/C18H21N3O4S/c1-14-4-3-5-16(12-14)19-8-10-20(11-9-19)26(24,25)18-13-17(21(22)23)7-6-15(18)2/h3-7,12-13H,8-11H2,1-2H3. The first-order chi connectivity index (χ1) is 12.3. The van der Waals surface area contributed by atoms with E-state index in [1.165, 1.54) is 16.4 Å². The number of nitrogens with zero attached hydrogens (tertiary/aromatic N) is 3. The zero-order chi connectivity index (χ0) is 18.9. The van der Waals surface area contributed by atoms with Crippen LogP contribution >= 0.6 is 0 Å². The van der Waals surface area contributed by atoms with Crippen LogP contribution < -0.4 is 4.90 Å². The topological polar surface area (TPSA) is 83.8 Å². The van der Waals surface area contributed by atoms with Crippen LogP contribution in [0.25, 0.3) is 0 Å². The molecule has 0 N–H and O–H groups in total. The maximum atomic E-state index is 13.0. The minimum Gasteiger partial charge on any atom is -0.369 e. The van der Waals surface area contributed by atoms with Crippen LogP contribution in [0.3, 0.4) is 0 Å². The summed E-state index contributed by atoms with van der Waals surface area (Å²) in [6, 6.07) is 12.1. The molecule has 138 valence electrons. The summed E-state index contributed by atoms with van der Waals surface area (Å²) in [4.78, 5) is 12.6. The Labute approximate surface area is 153 Å². The number of piperazine rings is 1. The number of nitro benzene ring substituents is 1. The molecule has 8 heteroatoms. The highest BCUT2D eigenvalue weighted by molar-refractivity contribution is 7.89. The second-order valence-corrected chi connectivity index (χ2v) is 8.34. The van der Waals surface area contributed by atoms with Gasteiger partial charge in [0.2, 0.25) is 10.0 Å². The number of sulfonamides is 1. The van der Waals surface area contributed by atoms with Crippen LogP contribution in [0.4, 0.5) is 11.4 Å². The van der Waals surface area contributed by atoms with Crippen LogP contribution in [0.2, 0.25) is 0 Å². The van der Waals surface area contributed by atoms with Gasteiger partial charge in [-0.15, -0.1) is 0 Å². The van der Waals surface area contributed by atoms with Crippen molar-refractivity contribution in [3.05, 3.63) is 63.7 Å². The minimum atomic E-state index is -3.76. The summed E-state index contributed by atoms with van der Waals surface area (Å²) in [7, 11) is -3.76. The first-order valence-electron chi connectivity index (χ1n) is 8.36. The lowest BCUT2D eigenvalue weighted by atomic mass is 10.2. The normalized spacial score (nSPS) is 15.8. The molecule has 7 nitrogen and oxygen atoms in total. The number of benzene rings is 2. The minimum absolute atomic E-state index is 0.00991. The molecule has 0 atom stereocenters. The molecule has 1 fully saturated rings. The maximum Gasteiger partial charge on any atom is 0.270 e. The summed E-state index contributed by atoms with van der Waals surface area (Å²) < 4.78 is 27.3. The fraction of sp³-hybridized carbons (Fsp3) is 0.333. The molecule has 0 aromatic heterocycles. The fourth-order valence-electron chi connectivity index (χ4n) is 3.13. The molecule has 0 bridgehead atoms. The molecule has 26 heavy (non-hydrogen) atoms.